The van der Waals surface area contributed by atoms with Crippen LogP contribution in [0.15, 0.2) is 0 Å². The molecule has 1 saturated heterocycles. The lowest BCUT2D eigenvalue weighted by molar-refractivity contribution is -0.123. The second-order valence-corrected chi connectivity index (χ2v) is 6.48. The second-order valence-electron chi connectivity index (χ2n) is 4.52. The number of carbonyl (C=O) groups is 1. The van der Waals surface area contributed by atoms with E-state index in [1.54, 1.807) is 0 Å². The summed E-state index contributed by atoms with van der Waals surface area (Å²) in [5, 5.41) is 2.76. The lowest BCUT2D eigenvalue weighted by atomic mass is 10.0. The molecule has 1 amide bonds. The Morgan fingerprint density at radius 2 is 2.06 bits per heavy atom. The van der Waals surface area contributed by atoms with Gasteiger partial charge in [0.05, 0.1) is 24.4 Å². The molecule has 7 heteroatoms. The van der Waals surface area contributed by atoms with Crippen LogP contribution in [-0.4, -0.2) is 45.4 Å². The molecule has 2 rings (SSSR count). The molecular formula is C10H18N2O4S. The number of ether oxygens (including phenoxy) is 1. The Bertz CT molecular complexity index is 391. The lowest BCUT2D eigenvalue weighted by Crippen LogP contribution is -2.46. The van der Waals surface area contributed by atoms with Crippen molar-refractivity contribution in [2.24, 2.45) is 5.92 Å². The summed E-state index contributed by atoms with van der Waals surface area (Å²) in [5.41, 5.74) is 0. The Morgan fingerprint density at radius 3 is 2.65 bits per heavy atom. The molecule has 0 radical (unpaired) electrons. The van der Waals surface area contributed by atoms with E-state index in [-0.39, 0.29) is 17.9 Å². The first kappa shape index (κ1) is 12.8. The van der Waals surface area contributed by atoms with Crippen LogP contribution in [0.1, 0.15) is 19.8 Å². The minimum Gasteiger partial charge on any atom is -0.379 e. The molecule has 1 aliphatic heterocycles. The summed E-state index contributed by atoms with van der Waals surface area (Å²) in [5.74, 6) is -0.858. The van der Waals surface area contributed by atoms with Gasteiger partial charge in [0.15, 0.2) is 0 Å². The Hall–Kier alpha value is -0.660. The minimum absolute atomic E-state index is 0.0885. The molecule has 0 aromatic heterocycles. The van der Waals surface area contributed by atoms with E-state index in [9.17, 15) is 13.2 Å². The molecule has 17 heavy (non-hydrogen) atoms. The molecular weight excluding hydrogens is 244 g/mol. The second kappa shape index (κ2) is 4.91. The number of likely N-dealkylation sites (N-methyl/N-ethyl adjacent to an activating group) is 1. The number of rotatable bonds is 5. The molecule has 2 atom stereocenters. The molecule has 1 heterocycles. The summed E-state index contributed by atoms with van der Waals surface area (Å²) in [6.45, 7) is 3.40. The van der Waals surface area contributed by atoms with Crippen LogP contribution < -0.4 is 10.0 Å². The van der Waals surface area contributed by atoms with Crippen LogP contribution in [0, 0.1) is 5.92 Å². The van der Waals surface area contributed by atoms with Crippen molar-refractivity contribution in [1.29, 1.82) is 0 Å². The zero-order valence-electron chi connectivity index (χ0n) is 9.81. The molecule has 2 unspecified atom stereocenters. The third kappa shape index (κ3) is 2.97. The Labute approximate surface area is 101 Å². The molecule has 1 saturated carbocycles. The van der Waals surface area contributed by atoms with Gasteiger partial charge >= 0.3 is 0 Å². The molecule has 0 spiro atoms. The van der Waals surface area contributed by atoms with Crippen LogP contribution in [-0.2, 0) is 19.6 Å². The fourth-order valence-corrected chi connectivity index (χ4v) is 3.31. The minimum atomic E-state index is -3.44. The van der Waals surface area contributed by atoms with Gasteiger partial charge in [-0.2, -0.15) is 0 Å². The molecule has 98 valence electrons. The number of amides is 1. The standard InChI is InChI=1S/C10H18N2O4S/c1-2-11-9-6-16-5-8(9)10(13)12-17(14,15)7-3-4-7/h7-9,11H,2-6H2,1H3,(H,12,13). The van der Waals surface area contributed by atoms with Gasteiger partial charge in [-0.15, -0.1) is 0 Å². The zero-order chi connectivity index (χ0) is 12.5. The molecule has 0 bridgehead atoms. The number of carbonyl (C=O) groups excluding carboxylic acids is 1. The fraction of sp³-hybridized carbons (Fsp3) is 0.900. The summed E-state index contributed by atoms with van der Waals surface area (Å²) < 4.78 is 30.6. The van der Waals surface area contributed by atoms with Crippen LogP contribution in [0.5, 0.6) is 0 Å². The number of nitrogens with one attached hydrogen (secondary N) is 2. The maximum absolute atomic E-state index is 11.9. The Balaban J connectivity index is 1.95. The Kier molecular flexibility index (Phi) is 3.70. The predicted octanol–water partition coefficient (Wildman–Crippen LogP) is -0.781. The number of hydrogen-bond donors (Lipinski definition) is 2. The van der Waals surface area contributed by atoms with Gasteiger partial charge in [0, 0.05) is 6.04 Å². The van der Waals surface area contributed by atoms with Crippen molar-refractivity contribution in [1.82, 2.24) is 10.0 Å². The average Bonchev–Trinajstić information content (AvgIpc) is 3.01. The number of hydrogen-bond acceptors (Lipinski definition) is 5. The first-order valence-corrected chi connectivity index (χ1v) is 7.46. The van der Waals surface area contributed by atoms with Gasteiger partial charge in [-0.25, -0.2) is 8.42 Å². The lowest BCUT2D eigenvalue weighted by Gasteiger charge is -2.17. The van der Waals surface area contributed by atoms with Gasteiger partial charge in [0.25, 0.3) is 0 Å². The largest absolute Gasteiger partial charge is 0.379 e. The molecule has 0 aromatic carbocycles. The SMILES string of the molecule is CCNC1COCC1C(=O)NS(=O)(=O)C1CC1. The molecule has 0 aromatic rings. The first-order chi connectivity index (χ1) is 8.04. The van der Waals surface area contributed by atoms with E-state index in [4.69, 9.17) is 4.74 Å². The molecule has 2 aliphatic rings. The highest BCUT2D eigenvalue weighted by Gasteiger charge is 2.40. The summed E-state index contributed by atoms with van der Waals surface area (Å²) in [7, 11) is -3.44. The topological polar surface area (TPSA) is 84.5 Å². The summed E-state index contributed by atoms with van der Waals surface area (Å²) >= 11 is 0. The van der Waals surface area contributed by atoms with Crippen LogP contribution in [0.2, 0.25) is 0 Å². The maximum Gasteiger partial charge on any atom is 0.240 e. The third-order valence-electron chi connectivity index (χ3n) is 3.09. The highest BCUT2D eigenvalue weighted by atomic mass is 32.2. The van der Waals surface area contributed by atoms with Gasteiger partial charge in [0.1, 0.15) is 0 Å². The average molecular weight is 262 g/mol. The Morgan fingerprint density at radius 1 is 1.35 bits per heavy atom. The summed E-state index contributed by atoms with van der Waals surface area (Å²) in [6, 6.07) is -0.0885. The van der Waals surface area contributed by atoms with Crippen molar-refractivity contribution in [2.75, 3.05) is 19.8 Å². The van der Waals surface area contributed by atoms with E-state index in [1.807, 2.05) is 6.92 Å². The maximum atomic E-state index is 11.9. The van der Waals surface area contributed by atoms with Crippen molar-refractivity contribution in [3.8, 4) is 0 Å². The van der Waals surface area contributed by atoms with Crippen molar-refractivity contribution in [3.63, 3.8) is 0 Å². The normalized spacial score (nSPS) is 29.2. The van der Waals surface area contributed by atoms with Crippen LogP contribution in [0.4, 0.5) is 0 Å². The molecule has 2 fully saturated rings. The van der Waals surface area contributed by atoms with E-state index >= 15 is 0 Å². The van der Waals surface area contributed by atoms with Gasteiger partial charge in [-0.1, -0.05) is 6.92 Å². The summed E-state index contributed by atoms with van der Waals surface area (Å²) in [4.78, 5) is 11.9. The third-order valence-corrected chi connectivity index (χ3v) is 4.92. The first-order valence-electron chi connectivity index (χ1n) is 5.91. The van der Waals surface area contributed by atoms with Gasteiger partial charge < -0.3 is 10.1 Å². The van der Waals surface area contributed by atoms with Crippen LogP contribution in [0.3, 0.4) is 0 Å². The zero-order valence-corrected chi connectivity index (χ0v) is 10.6. The van der Waals surface area contributed by atoms with E-state index < -0.39 is 21.8 Å². The van der Waals surface area contributed by atoms with Gasteiger partial charge in [0.2, 0.25) is 15.9 Å². The van der Waals surface area contributed by atoms with E-state index in [0.29, 0.717) is 19.4 Å². The smallest absolute Gasteiger partial charge is 0.240 e. The predicted molar refractivity (Wildman–Crippen MR) is 61.9 cm³/mol. The van der Waals surface area contributed by atoms with Crippen molar-refractivity contribution < 1.29 is 17.9 Å². The van der Waals surface area contributed by atoms with E-state index in [1.165, 1.54) is 0 Å². The number of sulfonamides is 1. The van der Waals surface area contributed by atoms with E-state index in [0.717, 1.165) is 6.54 Å². The van der Waals surface area contributed by atoms with Crippen LogP contribution >= 0.6 is 0 Å². The van der Waals surface area contributed by atoms with Crippen molar-refractivity contribution in [2.45, 2.75) is 31.1 Å². The van der Waals surface area contributed by atoms with Gasteiger partial charge in [-0.05, 0) is 19.4 Å². The highest BCUT2D eigenvalue weighted by Crippen LogP contribution is 2.27. The summed E-state index contributed by atoms with van der Waals surface area (Å²) in [6.07, 6.45) is 1.31. The monoisotopic (exact) mass is 262 g/mol. The molecule has 1 aliphatic carbocycles. The quantitative estimate of drug-likeness (QED) is 0.679. The molecule has 6 nitrogen and oxygen atoms in total. The fourth-order valence-electron chi connectivity index (χ4n) is 1.95. The van der Waals surface area contributed by atoms with Crippen molar-refractivity contribution >= 4 is 15.9 Å². The van der Waals surface area contributed by atoms with Crippen LogP contribution in [0.25, 0.3) is 0 Å². The van der Waals surface area contributed by atoms with Gasteiger partial charge in [-0.3, -0.25) is 9.52 Å². The molecule has 2 N–H and O–H groups in total. The van der Waals surface area contributed by atoms with E-state index in [2.05, 4.69) is 10.0 Å². The van der Waals surface area contributed by atoms with Crippen molar-refractivity contribution in [3.05, 3.63) is 0 Å². The highest BCUT2D eigenvalue weighted by molar-refractivity contribution is 7.90.